The van der Waals surface area contributed by atoms with Crippen molar-refractivity contribution in [2.45, 2.75) is 20.0 Å². The van der Waals surface area contributed by atoms with E-state index in [2.05, 4.69) is 15.0 Å². The Morgan fingerprint density at radius 3 is 2.44 bits per heavy atom. The lowest BCUT2D eigenvalue weighted by molar-refractivity contribution is -0.147. The Kier molecular flexibility index (Phi) is 2.59. The van der Waals surface area contributed by atoms with Gasteiger partial charge >= 0.3 is 5.97 Å². The molecule has 0 amide bonds. The molecule has 0 saturated heterocycles. The molecular formula is C9H13N5O2. The summed E-state index contributed by atoms with van der Waals surface area (Å²) in [5, 5.41) is 0. The van der Waals surface area contributed by atoms with Gasteiger partial charge in [-0.3, -0.25) is 4.79 Å². The third-order valence-corrected chi connectivity index (χ3v) is 2.47. The van der Waals surface area contributed by atoms with Gasteiger partial charge in [-0.25, -0.2) is 0 Å². The Bertz CT molecular complexity index is 402. The average Bonchev–Trinajstić information content (AvgIpc) is 2.90. The first kappa shape index (κ1) is 10.6. The molecule has 0 bridgehead atoms. The lowest BCUT2D eigenvalue weighted by Gasteiger charge is -2.03. The van der Waals surface area contributed by atoms with Gasteiger partial charge in [-0.05, 0) is 12.3 Å². The SMILES string of the molecule is C[C@@H]1C[C@H]1C(=O)OCc1nc(N)nc(N)n1. The van der Waals surface area contributed by atoms with Crippen LogP contribution in [0, 0.1) is 11.8 Å². The van der Waals surface area contributed by atoms with E-state index in [9.17, 15) is 4.79 Å². The third kappa shape index (κ3) is 2.36. The van der Waals surface area contributed by atoms with Gasteiger partial charge in [0.25, 0.3) is 0 Å². The van der Waals surface area contributed by atoms with E-state index in [4.69, 9.17) is 16.2 Å². The zero-order chi connectivity index (χ0) is 11.7. The van der Waals surface area contributed by atoms with E-state index in [1.807, 2.05) is 6.92 Å². The molecule has 0 aromatic carbocycles. The first-order valence-corrected chi connectivity index (χ1v) is 4.99. The molecular weight excluding hydrogens is 210 g/mol. The number of hydrogen-bond donors (Lipinski definition) is 2. The zero-order valence-electron chi connectivity index (χ0n) is 8.88. The van der Waals surface area contributed by atoms with E-state index in [0.717, 1.165) is 6.42 Å². The highest BCUT2D eigenvalue weighted by Crippen LogP contribution is 2.38. The molecule has 0 radical (unpaired) electrons. The van der Waals surface area contributed by atoms with E-state index in [-0.39, 0.29) is 36.2 Å². The first-order chi connectivity index (χ1) is 7.56. The molecule has 1 aliphatic rings. The maximum Gasteiger partial charge on any atom is 0.309 e. The van der Waals surface area contributed by atoms with Crippen molar-refractivity contribution in [1.82, 2.24) is 15.0 Å². The lowest BCUT2D eigenvalue weighted by atomic mass is 10.3. The lowest BCUT2D eigenvalue weighted by Crippen LogP contribution is -2.12. The number of anilines is 2. The van der Waals surface area contributed by atoms with Crippen molar-refractivity contribution in [2.24, 2.45) is 11.8 Å². The topological polar surface area (TPSA) is 117 Å². The number of hydrogen-bond acceptors (Lipinski definition) is 7. The van der Waals surface area contributed by atoms with Crippen molar-refractivity contribution < 1.29 is 9.53 Å². The normalized spacial score (nSPS) is 22.8. The largest absolute Gasteiger partial charge is 0.457 e. The summed E-state index contributed by atoms with van der Waals surface area (Å²) in [4.78, 5) is 22.6. The Morgan fingerprint density at radius 2 is 1.94 bits per heavy atom. The van der Waals surface area contributed by atoms with Gasteiger partial charge in [0.15, 0.2) is 12.4 Å². The van der Waals surface area contributed by atoms with Crippen LogP contribution in [0.4, 0.5) is 11.9 Å². The second-order valence-corrected chi connectivity index (χ2v) is 3.90. The Labute approximate surface area is 92.2 Å². The standard InChI is InChI=1S/C9H13N5O2/c1-4-2-5(4)7(15)16-3-6-12-8(10)14-9(11)13-6/h4-5H,2-3H2,1H3,(H4,10,11,12,13,14)/t4-,5-/m1/s1. The smallest absolute Gasteiger partial charge is 0.309 e. The highest BCUT2D eigenvalue weighted by Gasteiger charge is 2.40. The van der Waals surface area contributed by atoms with E-state index in [0.29, 0.717) is 5.92 Å². The minimum absolute atomic E-state index is 0.0149. The van der Waals surface area contributed by atoms with Crippen molar-refractivity contribution in [3.05, 3.63) is 5.82 Å². The van der Waals surface area contributed by atoms with E-state index >= 15 is 0 Å². The number of carbonyl (C=O) groups is 1. The van der Waals surface area contributed by atoms with Gasteiger partial charge in [0.05, 0.1) is 5.92 Å². The summed E-state index contributed by atoms with van der Waals surface area (Å²) in [7, 11) is 0. The van der Waals surface area contributed by atoms with Crippen molar-refractivity contribution in [2.75, 3.05) is 11.5 Å². The molecule has 2 rings (SSSR count). The monoisotopic (exact) mass is 223 g/mol. The van der Waals surface area contributed by atoms with Crippen LogP contribution in [0.15, 0.2) is 0 Å². The maximum absolute atomic E-state index is 11.4. The van der Waals surface area contributed by atoms with Crippen LogP contribution in [0.5, 0.6) is 0 Å². The van der Waals surface area contributed by atoms with Gasteiger partial charge < -0.3 is 16.2 Å². The molecule has 7 heteroatoms. The number of nitrogen functional groups attached to an aromatic ring is 2. The molecule has 86 valence electrons. The number of carbonyl (C=O) groups excluding carboxylic acids is 1. The summed E-state index contributed by atoms with van der Waals surface area (Å²) in [6, 6.07) is 0. The third-order valence-electron chi connectivity index (χ3n) is 2.47. The fourth-order valence-electron chi connectivity index (χ4n) is 1.41. The molecule has 0 spiro atoms. The Hall–Kier alpha value is -1.92. The van der Waals surface area contributed by atoms with Crippen LogP contribution in [0.25, 0.3) is 0 Å². The van der Waals surface area contributed by atoms with E-state index in [1.54, 1.807) is 0 Å². The van der Waals surface area contributed by atoms with Gasteiger partial charge in [0.2, 0.25) is 11.9 Å². The van der Waals surface area contributed by atoms with Crippen LogP contribution < -0.4 is 11.5 Å². The second-order valence-electron chi connectivity index (χ2n) is 3.90. The maximum atomic E-state index is 11.4. The first-order valence-electron chi connectivity index (χ1n) is 4.99. The average molecular weight is 223 g/mol. The second kappa shape index (κ2) is 3.92. The summed E-state index contributed by atoms with van der Waals surface area (Å²) < 4.78 is 5.03. The van der Waals surface area contributed by atoms with Gasteiger partial charge in [-0.15, -0.1) is 0 Å². The van der Waals surface area contributed by atoms with Gasteiger partial charge in [-0.2, -0.15) is 15.0 Å². The van der Waals surface area contributed by atoms with E-state index in [1.165, 1.54) is 0 Å². The molecule has 1 aromatic rings. The highest BCUT2D eigenvalue weighted by molar-refractivity contribution is 5.75. The number of ether oxygens (including phenoxy) is 1. The minimum Gasteiger partial charge on any atom is -0.457 e. The summed E-state index contributed by atoms with van der Waals surface area (Å²) in [5.74, 6) is 0.547. The fraction of sp³-hybridized carbons (Fsp3) is 0.556. The molecule has 7 nitrogen and oxygen atoms in total. The highest BCUT2D eigenvalue weighted by atomic mass is 16.5. The van der Waals surface area contributed by atoms with Crippen molar-refractivity contribution in [1.29, 1.82) is 0 Å². The Balaban J connectivity index is 1.91. The fourth-order valence-corrected chi connectivity index (χ4v) is 1.41. The van der Waals surface area contributed by atoms with Crippen LogP contribution >= 0.6 is 0 Å². The van der Waals surface area contributed by atoms with Crippen LogP contribution in [0.1, 0.15) is 19.2 Å². The molecule has 1 saturated carbocycles. The molecule has 1 aromatic heterocycles. The molecule has 16 heavy (non-hydrogen) atoms. The van der Waals surface area contributed by atoms with Crippen LogP contribution in [0.2, 0.25) is 0 Å². The summed E-state index contributed by atoms with van der Waals surface area (Å²) in [6.45, 7) is 1.99. The Morgan fingerprint density at radius 1 is 1.38 bits per heavy atom. The van der Waals surface area contributed by atoms with Crippen molar-refractivity contribution in [3.63, 3.8) is 0 Å². The number of aromatic nitrogens is 3. The number of esters is 1. The predicted octanol–water partition coefficient (Wildman–Crippen LogP) is -0.265. The molecule has 2 atom stereocenters. The van der Waals surface area contributed by atoms with Gasteiger partial charge in [0, 0.05) is 0 Å². The van der Waals surface area contributed by atoms with Crippen LogP contribution in [-0.4, -0.2) is 20.9 Å². The summed E-state index contributed by atoms with van der Waals surface area (Å²) in [6.07, 6.45) is 0.889. The quantitative estimate of drug-likeness (QED) is 0.677. The molecule has 0 unspecified atom stereocenters. The molecule has 0 aliphatic heterocycles. The summed E-state index contributed by atoms with van der Waals surface area (Å²) >= 11 is 0. The number of rotatable bonds is 3. The molecule has 1 heterocycles. The predicted molar refractivity (Wildman–Crippen MR) is 55.7 cm³/mol. The van der Waals surface area contributed by atoms with E-state index < -0.39 is 0 Å². The molecule has 1 fully saturated rings. The minimum atomic E-state index is -0.218. The van der Waals surface area contributed by atoms with Crippen LogP contribution in [0.3, 0.4) is 0 Å². The number of nitrogens with two attached hydrogens (primary N) is 2. The zero-order valence-corrected chi connectivity index (χ0v) is 8.88. The number of nitrogens with zero attached hydrogens (tertiary/aromatic N) is 3. The summed E-state index contributed by atoms with van der Waals surface area (Å²) in [5.41, 5.74) is 10.8. The van der Waals surface area contributed by atoms with Gasteiger partial charge in [0.1, 0.15) is 0 Å². The van der Waals surface area contributed by atoms with Gasteiger partial charge in [-0.1, -0.05) is 6.92 Å². The molecule has 1 aliphatic carbocycles. The van der Waals surface area contributed by atoms with Crippen LogP contribution in [-0.2, 0) is 16.1 Å². The van der Waals surface area contributed by atoms with Crippen molar-refractivity contribution in [3.8, 4) is 0 Å². The van der Waals surface area contributed by atoms with Crippen molar-refractivity contribution >= 4 is 17.9 Å². The molecule has 4 N–H and O–H groups in total.